The predicted octanol–water partition coefficient (Wildman–Crippen LogP) is 2.68. The van der Waals surface area contributed by atoms with Crippen LogP contribution < -0.4 is 10.1 Å². The summed E-state index contributed by atoms with van der Waals surface area (Å²) in [4.78, 5) is 27.0. The minimum Gasteiger partial charge on any atom is -0.468 e. The molecule has 6 nitrogen and oxygen atoms in total. The van der Waals surface area contributed by atoms with E-state index < -0.39 is 31.3 Å². The molecule has 1 aromatic carbocycles. The molecule has 0 aliphatic heterocycles. The average molecular weight is 400 g/mol. The van der Waals surface area contributed by atoms with Crippen molar-refractivity contribution < 1.29 is 36.6 Å². The van der Waals surface area contributed by atoms with Crippen molar-refractivity contribution in [3.05, 3.63) is 59.5 Å². The molecule has 0 saturated carbocycles. The molecule has 0 atom stereocenters. The van der Waals surface area contributed by atoms with Crippen molar-refractivity contribution in [3.8, 4) is 5.88 Å². The summed E-state index contributed by atoms with van der Waals surface area (Å²) in [6.45, 7) is -1.76. The van der Waals surface area contributed by atoms with Crippen LogP contribution in [0.5, 0.6) is 5.88 Å². The van der Waals surface area contributed by atoms with Gasteiger partial charge in [-0.3, -0.25) is 4.79 Å². The molecule has 1 amide bonds. The summed E-state index contributed by atoms with van der Waals surface area (Å²) < 4.78 is 58.1. The Bertz CT molecular complexity index is 793. The number of aromatic nitrogens is 1. The van der Waals surface area contributed by atoms with E-state index in [2.05, 4.69) is 15.0 Å². The molecule has 0 radical (unpaired) electrons. The maximum absolute atomic E-state index is 12.8. The molecule has 150 valence electrons. The van der Waals surface area contributed by atoms with Crippen molar-refractivity contribution in [2.45, 2.75) is 12.6 Å². The van der Waals surface area contributed by atoms with Crippen LogP contribution in [0.1, 0.15) is 15.9 Å². The number of esters is 1. The number of pyridine rings is 1. The lowest BCUT2D eigenvalue weighted by Crippen LogP contribution is -2.30. The molecule has 1 aromatic heterocycles. The Kier molecular flexibility index (Phi) is 7.30. The van der Waals surface area contributed by atoms with Crippen LogP contribution in [0.4, 0.5) is 17.6 Å². The number of rotatable bonds is 8. The number of carbonyl (C=O) groups excluding carboxylic acids is 2. The van der Waals surface area contributed by atoms with Gasteiger partial charge in [0.1, 0.15) is 5.82 Å². The van der Waals surface area contributed by atoms with Crippen LogP contribution in [0.3, 0.4) is 0 Å². The molecular formula is C18H16F4N2O4. The van der Waals surface area contributed by atoms with Gasteiger partial charge >= 0.3 is 12.1 Å². The van der Waals surface area contributed by atoms with Crippen LogP contribution >= 0.6 is 0 Å². The smallest absolute Gasteiger partial charge is 0.422 e. The van der Waals surface area contributed by atoms with Gasteiger partial charge in [-0.05, 0) is 30.2 Å². The third-order valence-corrected chi connectivity index (χ3v) is 3.34. The summed E-state index contributed by atoms with van der Waals surface area (Å²) in [6.07, 6.45) is -3.03. The van der Waals surface area contributed by atoms with Crippen molar-refractivity contribution in [1.82, 2.24) is 10.3 Å². The molecule has 28 heavy (non-hydrogen) atoms. The Morgan fingerprint density at radius 3 is 2.39 bits per heavy atom. The Morgan fingerprint density at radius 1 is 1.07 bits per heavy atom. The zero-order valence-corrected chi connectivity index (χ0v) is 14.5. The van der Waals surface area contributed by atoms with E-state index in [9.17, 15) is 27.2 Å². The monoisotopic (exact) mass is 400 g/mol. The van der Waals surface area contributed by atoms with E-state index in [0.717, 1.165) is 17.8 Å². The van der Waals surface area contributed by atoms with Crippen LogP contribution in [-0.2, 0) is 16.0 Å². The summed E-state index contributed by atoms with van der Waals surface area (Å²) in [5.74, 6) is -2.04. The Labute approximate surface area is 157 Å². The van der Waals surface area contributed by atoms with E-state index in [4.69, 9.17) is 4.74 Å². The molecule has 0 aliphatic rings. The van der Waals surface area contributed by atoms with Crippen molar-refractivity contribution in [3.63, 3.8) is 0 Å². The fourth-order valence-electron chi connectivity index (χ4n) is 2.00. The van der Waals surface area contributed by atoms with Crippen LogP contribution in [-0.4, -0.2) is 42.8 Å². The summed E-state index contributed by atoms with van der Waals surface area (Å²) in [6, 6.07) is 8.07. The highest BCUT2D eigenvalue weighted by Gasteiger charge is 2.28. The number of hydrogen-bond donors (Lipinski definition) is 1. The summed E-state index contributed by atoms with van der Waals surface area (Å²) >= 11 is 0. The predicted molar refractivity (Wildman–Crippen MR) is 89.2 cm³/mol. The minimum absolute atomic E-state index is 0.0431. The van der Waals surface area contributed by atoms with Crippen LogP contribution in [0.25, 0.3) is 0 Å². The average Bonchev–Trinajstić information content (AvgIpc) is 2.66. The first kappa shape index (κ1) is 21.1. The highest BCUT2D eigenvalue weighted by Crippen LogP contribution is 2.17. The van der Waals surface area contributed by atoms with E-state index in [1.54, 1.807) is 12.1 Å². The van der Waals surface area contributed by atoms with Gasteiger partial charge in [0, 0.05) is 18.8 Å². The molecule has 2 aromatic rings. The standard InChI is InChI=1S/C18H16F4N2O4/c19-14-4-1-12(2-5-14)7-8-23-15(25)10-27-17(26)13-3-6-16(24-9-13)28-11-18(20,21)22/h1-6,9H,7-8,10-11H2,(H,23,25). The van der Waals surface area contributed by atoms with E-state index in [-0.39, 0.29) is 23.8 Å². The fraction of sp³-hybridized carbons (Fsp3) is 0.278. The summed E-state index contributed by atoms with van der Waals surface area (Å²) in [7, 11) is 0. The van der Waals surface area contributed by atoms with Crippen LogP contribution in [0, 0.1) is 5.82 Å². The zero-order valence-electron chi connectivity index (χ0n) is 14.5. The molecule has 0 unspecified atom stereocenters. The van der Waals surface area contributed by atoms with Gasteiger partial charge < -0.3 is 14.8 Å². The lowest BCUT2D eigenvalue weighted by Gasteiger charge is -2.09. The van der Waals surface area contributed by atoms with Crippen LogP contribution in [0.2, 0.25) is 0 Å². The number of halogens is 4. The number of nitrogens with zero attached hydrogens (tertiary/aromatic N) is 1. The number of hydrogen-bond acceptors (Lipinski definition) is 5. The number of nitrogens with one attached hydrogen (secondary N) is 1. The van der Waals surface area contributed by atoms with E-state index >= 15 is 0 Å². The Morgan fingerprint density at radius 2 is 1.79 bits per heavy atom. The maximum Gasteiger partial charge on any atom is 0.422 e. The van der Waals surface area contributed by atoms with Gasteiger partial charge in [-0.25, -0.2) is 14.2 Å². The Hall–Kier alpha value is -3.17. The minimum atomic E-state index is -4.50. The summed E-state index contributed by atoms with van der Waals surface area (Å²) in [5.41, 5.74) is 0.788. The van der Waals surface area contributed by atoms with E-state index in [1.807, 2.05) is 0 Å². The number of amides is 1. The normalized spacial score (nSPS) is 11.0. The highest BCUT2D eigenvalue weighted by molar-refractivity contribution is 5.91. The molecular weight excluding hydrogens is 384 g/mol. The van der Waals surface area contributed by atoms with Crippen molar-refractivity contribution in [1.29, 1.82) is 0 Å². The number of ether oxygens (including phenoxy) is 2. The van der Waals surface area contributed by atoms with Gasteiger partial charge in [0.25, 0.3) is 5.91 Å². The van der Waals surface area contributed by atoms with Gasteiger partial charge in [-0.1, -0.05) is 12.1 Å². The van der Waals surface area contributed by atoms with E-state index in [1.165, 1.54) is 18.2 Å². The van der Waals surface area contributed by atoms with Gasteiger partial charge in [0.05, 0.1) is 5.56 Å². The molecule has 0 fully saturated rings. The summed E-state index contributed by atoms with van der Waals surface area (Å²) in [5, 5.41) is 2.54. The first-order valence-corrected chi connectivity index (χ1v) is 8.07. The van der Waals surface area contributed by atoms with Crippen molar-refractivity contribution in [2.75, 3.05) is 19.8 Å². The van der Waals surface area contributed by atoms with Gasteiger partial charge in [0.15, 0.2) is 13.2 Å². The molecule has 0 saturated heterocycles. The van der Waals surface area contributed by atoms with Crippen LogP contribution in [0.15, 0.2) is 42.6 Å². The third kappa shape index (κ3) is 7.60. The first-order chi connectivity index (χ1) is 13.2. The quantitative estimate of drug-likeness (QED) is 0.545. The topological polar surface area (TPSA) is 77.5 Å². The molecule has 10 heteroatoms. The SMILES string of the molecule is O=C(COC(=O)c1ccc(OCC(F)(F)F)nc1)NCCc1ccc(F)cc1. The molecule has 0 spiro atoms. The lowest BCUT2D eigenvalue weighted by molar-refractivity contribution is -0.154. The largest absolute Gasteiger partial charge is 0.468 e. The fourth-order valence-corrected chi connectivity index (χ4v) is 2.00. The lowest BCUT2D eigenvalue weighted by atomic mass is 10.1. The van der Waals surface area contributed by atoms with Crippen molar-refractivity contribution >= 4 is 11.9 Å². The number of alkyl halides is 3. The molecule has 1 heterocycles. The molecule has 1 N–H and O–H groups in total. The van der Waals surface area contributed by atoms with Gasteiger partial charge in [-0.15, -0.1) is 0 Å². The van der Waals surface area contributed by atoms with E-state index in [0.29, 0.717) is 6.42 Å². The zero-order chi connectivity index (χ0) is 20.6. The Balaban J connectivity index is 1.70. The molecule has 0 aliphatic carbocycles. The molecule has 2 rings (SSSR count). The first-order valence-electron chi connectivity index (χ1n) is 8.07. The second-order valence-corrected chi connectivity index (χ2v) is 5.59. The number of benzene rings is 1. The van der Waals surface area contributed by atoms with Gasteiger partial charge in [0.2, 0.25) is 5.88 Å². The second kappa shape index (κ2) is 9.67. The number of carbonyl (C=O) groups is 2. The maximum atomic E-state index is 12.8. The second-order valence-electron chi connectivity index (χ2n) is 5.59. The van der Waals surface area contributed by atoms with Gasteiger partial charge in [-0.2, -0.15) is 13.2 Å². The van der Waals surface area contributed by atoms with Crippen molar-refractivity contribution in [2.24, 2.45) is 0 Å². The molecule has 0 bridgehead atoms. The highest BCUT2D eigenvalue weighted by atomic mass is 19.4. The third-order valence-electron chi connectivity index (χ3n) is 3.34.